The van der Waals surface area contributed by atoms with Gasteiger partial charge in [0.15, 0.2) is 0 Å². The zero-order valence-electron chi connectivity index (χ0n) is 10.3. The van der Waals surface area contributed by atoms with Gasteiger partial charge in [-0.05, 0) is 26.3 Å². The summed E-state index contributed by atoms with van der Waals surface area (Å²) in [6.45, 7) is 5.28. The van der Waals surface area contributed by atoms with Gasteiger partial charge in [-0.1, -0.05) is 23.8 Å². The number of anilines is 1. The van der Waals surface area contributed by atoms with Crippen molar-refractivity contribution < 1.29 is 9.50 Å². The lowest BCUT2D eigenvalue weighted by atomic mass is 10.0. The summed E-state index contributed by atoms with van der Waals surface area (Å²) in [7, 11) is 0. The summed E-state index contributed by atoms with van der Waals surface area (Å²) < 4.78 is 13.9. The Morgan fingerprint density at radius 3 is 2.76 bits per heavy atom. The van der Waals surface area contributed by atoms with E-state index in [4.69, 9.17) is 0 Å². The summed E-state index contributed by atoms with van der Waals surface area (Å²) in [6, 6.07) is 4.88. The molecule has 1 aliphatic rings. The number of hydrogen-bond donors (Lipinski definition) is 1. The third-order valence-electron chi connectivity index (χ3n) is 3.22. The zero-order chi connectivity index (χ0) is 12.4. The molecule has 0 fully saturated rings. The third-order valence-corrected chi connectivity index (χ3v) is 3.22. The van der Waals surface area contributed by atoms with Crippen LogP contribution in [0.4, 0.5) is 10.1 Å². The summed E-state index contributed by atoms with van der Waals surface area (Å²) in [5, 5.41) is 9.70. The Morgan fingerprint density at radius 1 is 1.41 bits per heavy atom. The number of aliphatic hydroxyl groups excluding tert-OH is 1. The lowest BCUT2D eigenvalue weighted by molar-refractivity contribution is 0.199. The molecule has 0 unspecified atom stereocenters. The van der Waals surface area contributed by atoms with Crippen molar-refractivity contribution >= 4 is 5.69 Å². The molecule has 0 amide bonds. The molecular weight excluding hydrogens is 217 g/mol. The molecule has 1 heterocycles. The van der Waals surface area contributed by atoms with E-state index in [1.54, 1.807) is 19.1 Å². The molecule has 0 aromatic heterocycles. The molecule has 1 aromatic carbocycles. The molecule has 1 aromatic rings. The highest BCUT2D eigenvalue weighted by Crippen LogP contribution is 2.30. The van der Waals surface area contributed by atoms with Crippen LogP contribution in [0.3, 0.4) is 0 Å². The minimum Gasteiger partial charge on any atom is -0.389 e. The van der Waals surface area contributed by atoms with Gasteiger partial charge in [-0.15, -0.1) is 0 Å². The summed E-state index contributed by atoms with van der Waals surface area (Å²) in [5.74, 6) is -0.253. The maximum Gasteiger partial charge on any atom is 0.146 e. The van der Waals surface area contributed by atoms with E-state index in [1.807, 2.05) is 4.90 Å². The molecular formula is C14H18FNO. The second kappa shape index (κ2) is 4.88. The lowest BCUT2D eigenvalue weighted by Gasteiger charge is -2.30. The fourth-order valence-corrected chi connectivity index (χ4v) is 2.18. The predicted octanol–water partition coefficient (Wildman–Crippen LogP) is 3.04. The average molecular weight is 235 g/mol. The van der Waals surface area contributed by atoms with Crippen LogP contribution in [0, 0.1) is 5.82 Å². The first-order chi connectivity index (χ1) is 8.09. The molecule has 1 atom stereocenters. The highest BCUT2D eigenvalue weighted by molar-refractivity contribution is 5.57. The molecule has 2 nitrogen and oxygen atoms in total. The molecule has 17 heavy (non-hydrogen) atoms. The van der Waals surface area contributed by atoms with Gasteiger partial charge in [0.25, 0.3) is 0 Å². The summed E-state index contributed by atoms with van der Waals surface area (Å²) in [6.07, 6.45) is 2.42. The number of nitrogens with zero attached hydrogens (tertiary/aromatic N) is 1. The molecule has 0 radical (unpaired) electrons. The van der Waals surface area contributed by atoms with E-state index in [1.165, 1.54) is 11.6 Å². The van der Waals surface area contributed by atoms with Gasteiger partial charge in [-0.3, -0.25) is 0 Å². The Bertz CT molecular complexity index is 440. The summed E-state index contributed by atoms with van der Waals surface area (Å²) in [4.78, 5) is 1.99. The largest absolute Gasteiger partial charge is 0.389 e. The minimum atomic E-state index is -0.646. The molecule has 0 saturated heterocycles. The van der Waals surface area contributed by atoms with Crippen LogP contribution in [-0.2, 0) is 0 Å². The average Bonchev–Trinajstić information content (AvgIpc) is 2.30. The van der Waals surface area contributed by atoms with Crippen molar-refractivity contribution in [3.63, 3.8) is 0 Å². The van der Waals surface area contributed by atoms with Crippen molar-refractivity contribution in [1.29, 1.82) is 0 Å². The number of halogens is 1. The van der Waals surface area contributed by atoms with Gasteiger partial charge in [0, 0.05) is 18.7 Å². The summed E-state index contributed by atoms with van der Waals surface area (Å²) >= 11 is 0. The van der Waals surface area contributed by atoms with Crippen LogP contribution in [0.25, 0.3) is 0 Å². The molecule has 0 spiro atoms. The molecule has 92 valence electrons. The quantitative estimate of drug-likeness (QED) is 0.796. The van der Waals surface area contributed by atoms with Gasteiger partial charge < -0.3 is 10.0 Å². The maximum absolute atomic E-state index is 13.9. The zero-order valence-corrected chi connectivity index (χ0v) is 10.3. The van der Waals surface area contributed by atoms with Gasteiger partial charge in [0.2, 0.25) is 0 Å². The first-order valence-corrected chi connectivity index (χ1v) is 5.96. The lowest BCUT2D eigenvalue weighted by Crippen LogP contribution is -2.30. The van der Waals surface area contributed by atoms with E-state index in [-0.39, 0.29) is 5.82 Å². The van der Waals surface area contributed by atoms with Gasteiger partial charge >= 0.3 is 0 Å². The van der Waals surface area contributed by atoms with Crippen LogP contribution in [-0.4, -0.2) is 18.2 Å². The Kier molecular flexibility index (Phi) is 3.48. The molecule has 1 N–H and O–H groups in total. The van der Waals surface area contributed by atoms with Crippen molar-refractivity contribution in [2.45, 2.75) is 26.4 Å². The van der Waals surface area contributed by atoms with Crippen LogP contribution in [0.1, 0.15) is 31.9 Å². The van der Waals surface area contributed by atoms with E-state index in [9.17, 15) is 9.50 Å². The topological polar surface area (TPSA) is 23.5 Å². The van der Waals surface area contributed by atoms with Gasteiger partial charge in [-0.2, -0.15) is 0 Å². The smallest absolute Gasteiger partial charge is 0.146 e. The summed E-state index contributed by atoms with van der Waals surface area (Å²) in [5.41, 5.74) is 2.56. The van der Waals surface area contributed by atoms with E-state index < -0.39 is 6.10 Å². The normalized spacial score (nSPS) is 17.9. The first-order valence-electron chi connectivity index (χ1n) is 5.96. The van der Waals surface area contributed by atoms with Crippen LogP contribution < -0.4 is 4.90 Å². The number of rotatable bonds is 2. The number of aliphatic hydroxyl groups is 1. The van der Waals surface area contributed by atoms with E-state index in [0.29, 0.717) is 17.8 Å². The van der Waals surface area contributed by atoms with E-state index in [0.717, 1.165) is 13.0 Å². The van der Waals surface area contributed by atoms with E-state index >= 15 is 0 Å². The van der Waals surface area contributed by atoms with Crippen molar-refractivity contribution in [2.75, 3.05) is 18.0 Å². The highest BCUT2D eigenvalue weighted by atomic mass is 19.1. The fraction of sp³-hybridized carbons (Fsp3) is 0.429. The molecule has 1 aliphatic heterocycles. The van der Waals surface area contributed by atoms with Crippen LogP contribution >= 0.6 is 0 Å². The molecule has 2 rings (SSSR count). The number of hydrogen-bond acceptors (Lipinski definition) is 2. The van der Waals surface area contributed by atoms with Crippen LogP contribution in [0.15, 0.2) is 29.8 Å². The Hall–Kier alpha value is -1.35. The Balaban J connectivity index is 2.37. The second-order valence-corrected chi connectivity index (χ2v) is 4.60. The molecule has 0 bridgehead atoms. The Labute approximate surface area is 101 Å². The Morgan fingerprint density at radius 2 is 2.18 bits per heavy atom. The van der Waals surface area contributed by atoms with Crippen LogP contribution in [0.2, 0.25) is 0 Å². The van der Waals surface area contributed by atoms with Gasteiger partial charge in [-0.25, -0.2) is 4.39 Å². The monoisotopic (exact) mass is 235 g/mol. The van der Waals surface area contributed by atoms with Crippen molar-refractivity contribution in [3.8, 4) is 0 Å². The van der Waals surface area contributed by atoms with Crippen molar-refractivity contribution in [2.24, 2.45) is 0 Å². The van der Waals surface area contributed by atoms with Gasteiger partial charge in [0.1, 0.15) is 5.82 Å². The van der Waals surface area contributed by atoms with Gasteiger partial charge in [0.05, 0.1) is 11.8 Å². The minimum absolute atomic E-state index is 0.253. The second-order valence-electron chi connectivity index (χ2n) is 4.60. The van der Waals surface area contributed by atoms with Crippen molar-refractivity contribution in [1.82, 2.24) is 0 Å². The van der Waals surface area contributed by atoms with E-state index in [2.05, 4.69) is 13.0 Å². The fourth-order valence-electron chi connectivity index (χ4n) is 2.18. The van der Waals surface area contributed by atoms with Crippen LogP contribution in [0.5, 0.6) is 0 Å². The molecule has 3 heteroatoms. The number of para-hydroxylation sites is 1. The standard InChI is InChI=1S/C14H18FNO/c1-10-6-8-16(9-7-10)14-12(11(2)17)4-3-5-13(14)15/h3-6,11,17H,7-9H2,1-2H3/t11-/m1/s1. The number of benzene rings is 1. The molecule has 0 aliphatic carbocycles. The maximum atomic E-state index is 13.9. The third kappa shape index (κ3) is 2.50. The highest BCUT2D eigenvalue weighted by Gasteiger charge is 2.19. The predicted molar refractivity (Wildman–Crippen MR) is 67.6 cm³/mol. The van der Waals surface area contributed by atoms with Crippen molar-refractivity contribution in [3.05, 3.63) is 41.2 Å². The SMILES string of the molecule is CC1=CCN(c2c(F)cccc2[C@@H](C)O)CC1. The molecule has 0 saturated carbocycles. The first kappa shape index (κ1) is 12.1.